The van der Waals surface area contributed by atoms with Gasteiger partial charge < -0.3 is 0 Å². The molecule has 0 radical (unpaired) electrons. The van der Waals surface area contributed by atoms with Gasteiger partial charge in [0.15, 0.2) is 5.78 Å². The lowest BCUT2D eigenvalue weighted by Crippen LogP contribution is -2.32. The first-order chi connectivity index (χ1) is 8.40. The normalized spacial score (nSPS) is 26.4. The first-order valence-electron chi connectivity index (χ1n) is 6.40. The van der Waals surface area contributed by atoms with E-state index in [1.54, 1.807) is 0 Å². The Labute approximate surface area is 105 Å². The molecular weight excluding hydrogens is 243 g/mol. The van der Waals surface area contributed by atoms with Crippen molar-refractivity contribution in [1.82, 2.24) is 0 Å². The van der Waals surface area contributed by atoms with Crippen LogP contribution in [-0.4, -0.2) is 12.0 Å². The van der Waals surface area contributed by atoms with Crippen molar-refractivity contribution in [2.75, 3.05) is 0 Å². The van der Waals surface area contributed by atoms with Crippen LogP contribution in [0.4, 0.5) is 13.2 Å². The monoisotopic (exact) mass is 261 g/mol. The highest BCUT2D eigenvalue weighted by molar-refractivity contribution is 5.85. The second kappa shape index (κ2) is 6.21. The number of carbonyl (C=O) groups is 1. The van der Waals surface area contributed by atoms with E-state index in [1.165, 1.54) is 0 Å². The van der Waals surface area contributed by atoms with Gasteiger partial charge in [0.1, 0.15) is 5.92 Å². The number of hydrogen-bond acceptors (Lipinski definition) is 2. The highest BCUT2D eigenvalue weighted by Crippen LogP contribution is 2.40. The molecule has 0 aromatic carbocycles. The standard InChI is InChI=1S/C13H18F3NO/c1-2-3-10(8-17)12(18)9-4-6-11(7-5-9)13(14,15)16/h9-11H,2-7H2,1H3. The van der Waals surface area contributed by atoms with Crippen LogP contribution in [-0.2, 0) is 4.79 Å². The van der Waals surface area contributed by atoms with Crippen LogP contribution in [0.25, 0.3) is 0 Å². The Morgan fingerprint density at radius 2 is 1.89 bits per heavy atom. The zero-order valence-corrected chi connectivity index (χ0v) is 10.5. The zero-order valence-electron chi connectivity index (χ0n) is 10.5. The predicted molar refractivity (Wildman–Crippen MR) is 60.5 cm³/mol. The van der Waals surface area contributed by atoms with E-state index in [4.69, 9.17) is 5.26 Å². The molecule has 0 saturated heterocycles. The summed E-state index contributed by atoms with van der Waals surface area (Å²) in [6, 6.07) is 1.97. The van der Waals surface area contributed by atoms with Gasteiger partial charge in [-0.2, -0.15) is 18.4 Å². The van der Waals surface area contributed by atoms with E-state index < -0.39 is 18.0 Å². The molecule has 0 amide bonds. The van der Waals surface area contributed by atoms with Crippen molar-refractivity contribution in [1.29, 1.82) is 5.26 Å². The highest BCUT2D eigenvalue weighted by atomic mass is 19.4. The van der Waals surface area contributed by atoms with Crippen molar-refractivity contribution >= 4 is 5.78 Å². The molecule has 0 N–H and O–H groups in total. The summed E-state index contributed by atoms with van der Waals surface area (Å²) in [5.74, 6) is -2.41. The summed E-state index contributed by atoms with van der Waals surface area (Å²) in [5.41, 5.74) is 0. The maximum Gasteiger partial charge on any atom is 0.391 e. The molecule has 2 nitrogen and oxygen atoms in total. The van der Waals surface area contributed by atoms with Crippen molar-refractivity contribution in [2.24, 2.45) is 17.8 Å². The molecule has 102 valence electrons. The molecule has 0 aromatic rings. The summed E-state index contributed by atoms with van der Waals surface area (Å²) >= 11 is 0. The largest absolute Gasteiger partial charge is 0.391 e. The maximum atomic E-state index is 12.5. The van der Waals surface area contributed by atoms with Gasteiger partial charge in [0.2, 0.25) is 0 Å². The van der Waals surface area contributed by atoms with Gasteiger partial charge in [-0.05, 0) is 32.1 Å². The second-order valence-corrected chi connectivity index (χ2v) is 4.96. The SMILES string of the molecule is CCCC(C#N)C(=O)C1CCC(C(F)(F)F)CC1. The topological polar surface area (TPSA) is 40.9 Å². The summed E-state index contributed by atoms with van der Waals surface area (Å²) in [6.07, 6.45) is -2.33. The Balaban J connectivity index is 2.53. The van der Waals surface area contributed by atoms with Crippen molar-refractivity contribution < 1.29 is 18.0 Å². The Morgan fingerprint density at radius 1 is 1.33 bits per heavy atom. The van der Waals surface area contributed by atoms with Gasteiger partial charge in [0.05, 0.1) is 12.0 Å². The average Bonchev–Trinajstić information content (AvgIpc) is 2.34. The van der Waals surface area contributed by atoms with Crippen LogP contribution < -0.4 is 0 Å². The molecule has 0 aliphatic heterocycles. The zero-order chi connectivity index (χ0) is 13.8. The van der Waals surface area contributed by atoms with E-state index in [1.807, 2.05) is 13.0 Å². The third-order valence-corrected chi connectivity index (χ3v) is 3.67. The van der Waals surface area contributed by atoms with E-state index >= 15 is 0 Å². The number of ketones is 1. The molecular formula is C13H18F3NO. The number of nitrogens with zero attached hydrogens (tertiary/aromatic N) is 1. The minimum Gasteiger partial charge on any atom is -0.298 e. The predicted octanol–water partition coefficient (Wildman–Crippen LogP) is 3.86. The van der Waals surface area contributed by atoms with Gasteiger partial charge in [-0.1, -0.05) is 13.3 Å². The minimum absolute atomic E-state index is 0.0180. The lowest BCUT2D eigenvalue weighted by atomic mass is 9.76. The summed E-state index contributed by atoms with van der Waals surface area (Å²) in [5, 5.41) is 8.89. The van der Waals surface area contributed by atoms with Crippen LogP contribution in [0.2, 0.25) is 0 Å². The molecule has 18 heavy (non-hydrogen) atoms. The quantitative estimate of drug-likeness (QED) is 0.770. The fourth-order valence-electron chi connectivity index (χ4n) is 2.55. The summed E-state index contributed by atoms with van der Waals surface area (Å²) in [7, 11) is 0. The smallest absolute Gasteiger partial charge is 0.298 e. The molecule has 1 atom stereocenters. The van der Waals surface area contributed by atoms with Gasteiger partial charge in [-0.25, -0.2) is 0 Å². The third kappa shape index (κ3) is 3.72. The fourth-order valence-corrected chi connectivity index (χ4v) is 2.55. The first kappa shape index (κ1) is 15.0. The molecule has 0 heterocycles. The second-order valence-electron chi connectivity index (χ2n) is 4.96. The van der Waals surface area contributed by atoms with Crippen LogP contribution in [0, 0.1) is 29.1 Å². The van der Waals surface area contributed by atoms with Crippen LogP contribution >= 0.6 is 0 Å². The van der Waals surface area contributed by atoms with Crippen LogP contribution in [0.5, 0.6) is 0 Å². The number of nitriles is 1. The average molecular weight is 261 g/mol. The first-order valence-corrected chi connectivity index (χ1v) is 6.40. The molecule has 0 aromatic heterocycles. The van der Waals surface area contributed by atoms with Crippen molar-refractivity contribution in [3.8, 4) is 6.07 Å². The number of alkyl halides is 3. The minimum atomic E-state index is -4.15. The summed E-state index contributed by atoms with van der Waals surface area (Å²) < 4.78 is 37.4. The molecule has 5 heteroatoms. The van der Waals surface area contributed by atoms with Gasteiger partial charge in [-0.15, -0.1) is 0 Å². The van der Waals surface area contributed by atoms with Crippen molar-refractivity contribution in [3.63, 3.8) is 0 Å². The fraction of sp³-hybridized carbons (Fsp3) is 0.846. The summed E-state index contributed by atoms with van der Waals surface area (Å²) in [6.45, 7) is 1.89. The van der Waals surface area contributed by atoms with Crippen molar-refractivity contribution in [2.45, 2.75) is 51.6 Å². The van der Waals surface area contributed by atoms with Gasteiger partial charge in [-0.3, -0.25) is 4.79 Å². The Kier molecular flexibility index (Phi) is 5.18. The lowest BCUT2D eigenvalue weighted by Gasteiger charge is -2.29. The van der Waals surface area contributed by atoms with E-state index in [-0.39, 0.29) is 37.4 Å². The Bertz CT molecular complexity index is 324. The molecule has 0 spiro atoms. The molecule has 1 rings (SSSR count). The molecule has 1 saturated carbocycles. The summed E-state index contributed by atoms with van der Waals surface area (Å²) in [4.78, 5) is 12.0. The third-order valence-electron chi connectivity index (χ3n) is 3.67. The van der Waals surface area contributed by atoms with Gasteiger partial charge >= 0.3 is 6.18 Å². The molecule has 1 aliphatic rings. The van der Waals surface area contributed by atoms with Crippen LogP contribution in [0.3, 0.4) is 0 Å². The van der Waals surface area contributed by atoms with E-state index in [0.717, 1.165) is 6.42 Å². The molecule has 1 unspecified atom stereocenters. The van der Waals surface area contributed by atoms with Crippen LogP contribution in [0.1, 0.15) is 45.4 Å². The molecule has 0 bridgehead atoms. The van der Waals surface area contributed by atoms with E-state index in [2.05, 4.69) is 0 Å². The lowest BCUT2D eigenvalue weighted by molar-refractivity contribution is -0.184. The van der Waals surface area contributed by atoms with Gasteiger partial charge in [0.25, 0.3) is 0 Å². The van der Waals surface area contributed by atoms with E-state index in [0.29, 0.717) is 6.42 Å². The number of halogens is 3. The Hall–Kier alpha value is -1.05. The number of rotatable bonds is 4. The number of Topliss-reactive ketones (excluding diaryl/α,β-unsaturated/α-hetero) is 1. The molecule has 1 fully saturated rings. The highest BCUT2D eigenvalue weighted by Gasteiger charge is 2.43. The number of hydrogen-bond donors (Lipinski definition) is 0. The van der Waals surface area contributed by atoms with Crippen molar-refractivity contribution in [3.05, 3.63) is 0 Å². The van der Waals surface area contributed by atoms with Crippen LogP contribution in [0.15, 0.2) is 0 Å². The maximum absolute atomic E-state index is 12.5. The molecule has 1 aliphatic carbocycles. The number of carbonyl (C=O) groups excluding carboxylic acids is 1. The van der Waals surface area contributed by atoms with E-state index in [9.17, 15) is 18.0 Å². The van der Waals surface area contributed by atoms with Gasteiger partial charge in [0, 0.05) is 5.92 Å². The Morgan fingerprint density at radius 3 is 2.28 bits per heavy atom.